The number of thiazole rings is 1. The minimum Gasteiger partial charge on any atom is -0.326 e. The Bertz CT molecular complexity index is 1310. The van der Waals surface area contributed by atoms with Crippen molar-refractivity contribution in [1.82, 2.24) is 4.57 Å². The van der Waals surface area contributed by atoms with Crippen molar-refractivity contribution in [2.45, 2.75) is 45.1 Å². The molecule has 0 spiro atoms. The zero-order chi connectivity index (χ0) is 24.7. The third-order valence-electron chi connectivity index (χ3n) is 5.21. The first-order chi connectivity index (χ1) is 16.4. The second kappa shape index (κ2) is 12.0. The number of rotatable bonds is 7. The first kappa shape index (κ1) is 25.7. The van der Waals surface area contributed by atoms with E-state index in [1.165, 1.54) is 17.0 Å². The van der Waals surface area contributed by atoms with Gasteiger partial charge in [-0.1, -0.05) is 56.4 Å². The number of carbonyl (C=O) groups excluding carboxylic acids is 1. The fourth-order valence-electron chi connectivity index (χ4n) is 3.66. The maximum Gasteiger partial charge on any atom is 0.308 e. The quantitative estimate of drug-likeness (QED) is 0.277. The number of hydrogen-bond donors (Lipinski definition) is 1. The second-order valence-corrected chi connectivity index (χ2v) is 9.78. The average Bonchev–Trinajstić information content (AvgIpc) is 3.16. The van der Waals surface area contributed by atoms with Crippen molar-refractivity contribution in [2.24, 2.45) is 0 Å². The van der Waals surface area contributed by atoms with Crippen LogP contribution in [0.3, 0.4) is 0 Å². The number of hydrogen-bond acceptors (Lipinski definition) is 4. The minimum absolute atomic E-state index is 0.111. The third-order valence-corrected chi connectivity index (χ3v) is 7.03. The molecule has 0 radical (unpaired) electrons. The van der Waals surface area contributed by atoms with Crippen LogP contribution < -0.4 is 10.2 Å². The Hall–Kier alpha value is -2.90. The molecule has 0 saturated heterocycles. The Morgan fingerprint density at radius 3 is 2.50 bits per heavy atom. The van der Waals surface area contributed by atoms with Gasteiger partial charge in [0.1, 0.15) is 5.82 Å². The molecule has 1 atom stereocenters. The summed E-state index contributed by atoms with van der Waals surface area (Å²) in [7, 11) is 0. The van der Waals surface area contributed by atoms with Crippen LogP contribution in [-0.4, -0.2) is 16.2 Å². The van der Waals surface area contributed by atoms with Crippen LogP contribution in [0.4, 0.5) is 10.1 Å². The molecular weight excluding hydrogens is 467 g/mol. The number of nitrogens with zero attached hydrogens (tertiary/aromatic N) is 1. The van der Waals surface area contributed by atoms with Gasteiger partial charge in [0, 0.05) is 10.6 Å². The molecule has 1 unspecified atom stereocenters. The number of fused-ring (bicyclic) bond motifs is 1. The molecule has 34 heavy (non-hydrogen) atoms. The lowest BCUT2D eigenvalue weighted by atomic mass is 10.1. The minimum atomic E-state index is -0.328. The van der Waals surface area contributed by atoms with Crippen molar-refractivity contribution in [3.05, 3.63) is 93.3 Å². The van der Waals surface area contributed by atoms with Crippen LogP contribution in [0, 0.1) is 5.82 Å². The van der Waals surface area contributed by atoms with Gasteiger partial charge in [-0.3, -0.25) is 14.2 Å². The fourth-order valence-corrected chi connectivity index (χ4v) is 5.32. The number of anilines is 1. The van der Waals surface area contributed by atoms with Crippen LogP contribution in [0.25, 0.3) is 10.2 Å². The van der Waals surface area contributed by atoms with Crippen molar-refractivity contribution >= 4 is 44.9 Å². The van der Waals surface area contributed by atoms with E-state index in [9.17, 15) is 14.0 Å². The molecule has 4 aromatic rings. The Labute approximate surface area is 207 Å². The first-order valence-electron chi connectivity index (χ1n) is 11.4. The SMILES string of the molecule is CC.CCSc1ccc(CC(=O)Nc2ccc3c(c2)sc(=O)n3C(C)c2cccc(F)c2)cc1. The van der Waals surface area contributed by atoms with Crippen molar-refractivity contribution in [3.8, 4) is 0 Å². The molecule has 3 aromatic carbocycles. The second-order valence-electron chi connectivity index (χ2n) is 7.45. The van der Waals surface area contributed by atoms with Crippen molar-refractivity contribution < 1.29 is 9.18 Å². The number of benzene rings is 3. The van der Waals surface area contributed by atoms with E-state index in [1.807, 2.05) is 63.2 Å². The molecule has 4 rings (SSSR count). The highest BCUT2D eigenvalue weighted by Crippen LogP contribution is 2.27. The molecule has 0 fully saturated rings. The Kier molecular flexibility index (Phi) is 9.07. The summed E-state index contributed by atoms with van der Waals surface area (Å²) in [4.78, 5) is 26.3. The zero-order valence-electron chi connectivity index (χ0n) is 19.8. The molecule has 0 aliphatic heterocycles. The predicted molar refractivity (Wildman–Crippen MR) is 143 cm³/mol. The summed E-state index contributed by atoms with van der Waals surface area (Å²) in [6.45, 7) is 7.98. The smallest absolute Gasteiger partial charge is 0.308 e. The van der Waals surface area contributed by atoms with Gasteiger partial charge in [0.25, 0.3) is 0 Å². The lowest BCUT2D eigenvalue weighted by molar-refractivity contribution is -0.115. The largest absolute Gasteiger partial charge is 0.326 e. The number of amides is 1. The summed E-state index contributed by atoms with van der Waals surface area (Å²) in [5, 5.41) is 2.92. The highest BCUT2D eigenvalue weighted by Gasteiger charge is 2.16. The van der Waals surface area contributed by atoms with Gasteiger partial charge in [0.2, 0.25) is 5.91 Å². The van der Waals surface area contributed by atoms with Gasteiger partial charge < -0.3 is 5.32 Å². The van der Waals surface area contributed by atoms with Crippen LogP contribution in [-0.2, 0) is 11.2 Å². The normalized spacial score (nSPS) is 11.6. The lowest BCUT2D eigenvalue weighted by Crippen LogP contribution is -2.18. The zero-order valence-corrected chi connectivity index (χ0v) is 21.4. The van der Waals surface area contributed by atoms with Crippen molar-refractivity contribution in [1.29, 1.82) is 0 Å². The Morgan fingerprint density at radius 1 is 1.09 bits per heavy atom. The monoisotopic (exact) mass is 496 g/mol. The van der Waals surface area contributed by atoms with Gasteiger partial charge in [-0.05, 0) is 66.3 Å². The van der Waals surface area contributed by atoms with E-state index in [-0.39, 0.29) is 29.1 Å². The molecule has 1 amide bonds. The van der Waals surface area contributed by atoms with Gasteiger partial charge in [-0.15, -0.1) is 11.8 Å². The standard InChI is InChI=1S/C25H23FN2O2S2.C2H6/c1-3-31-21-10-7-17(8-11-21)13-24(29)27-20-9-12-22-23(15-20)32-25(30)28(22)16(2)18-5-4-6-19(26)14-18;1-2/h4-12,14-16H,3,13H2,1-2H3,(H,27,29);1-2H3. The van der Waals surface area contributed by atoms with Gasteiger partial charge in [-0.25, -0.2) is 4.39 Å². The van der Waals surface area contributed by atoms with Crippen LogP contribution in [0.15, 0.2) is 76.4 Å². The van der Waals surface area contributed by atoms with Crippen LogP contribution >= 0.6 is 23.1 Å². The Morgan fingerprint density at radius 2 is 1.82 bits per heavy atom. The van der Waals surface area contributed by atoms with E-state index < -0.39 is 0 Å². The average molecular weight is 497 g/mol. The van der Waals surface area contributed by atoms with Gasteiger partial charge in [0.05, 0.1) is 22.7 Å². The molecule has 0 bridgehead atoms. The highest BCUT2D eigenvalue weighted by molar-refractivity contribution is 7.99. The van der Waals surface area contributed by atoms with Crippen LogP contribution in [0.1, 0.15) is 44.9 Å². The first-order valence-corrected chi connectivity index (χ1v) is 13.2. The maximum atomic E-state index is 13.6. The van der Waals surface area contributed by atoms with E-state index >= 15 is 0 Å². The third kappa shape index (κ3) is 6.15. The van der Waals surface area contributed by atoms with Gasteiger partial charge in [-0.2, -0.15) is 0 Å². The summed E-state index contributed by atoms with van der Waals surface area (Å²) in [6.07, 6.45) is 0.281. The molecule has 1 heterocycles. The molecular formula is C27H29FN2O2S2. The van der Waals surface area contributed by atoms with E-state index in [1.54, 1.807) is 28.5 Å². The molecule has 0 aliphatic rings. The van der Waals surface area contributed by atoms with E-state index in [2.05, 4.69) is 12.2 Å². The van der Waals surface area contributed by atoms with Crippen LogP contribution in [0.5, 0.6) is 0 Å². The molecule has 1 N–H and O–H groups in total. The number of halogens is 1. The molecule has 4 nitrogen and oxygen atoms in total. The topological polar surface area (TPSA) is 51.1 Å². The van der Waals surface area contributed by atoms with Crippen LogP contribution in [0.2, 0.25) is 0 Å². The van der Waals surface area contributed by atoms with Gasteiger partial charge in [0.15, 0.2) is 0 Å². The van der Waals surface area contributed by atoms with Gasteiger partial charge >= 0.3 is 4.87 Å². The van der Waals surface area contributed by atoms with Crippen molar-refractivity contribution in [3.63, 3.8) is 0 Å². The predicted octanol–water partition coefficient (Wildman–Crippen LogP) is 7.13. The fraction of sp³-hybridized carbons (Fsp3) is 0.259. The number of nitrogens with one attached hydrogen (secondary N) is 1. The maximum absolute atomic E-state index is 13.6. The lowest BCUT2D eigenvalue weighted by Gasteiger charge is -2.14. The number of aromatic nitrogens is 1. The molecule has 0 aliphatic carbocycles. The van der Waals surface area contributed by atoms with Crippen molar-refractivity contribution in [2.75, 3.05) is 11.1 Å². The van der Waals surface area contributed by atoms with E-state index in [0.717, 1.165) is 38.4 Å². The molecule has 0 saturated carbocycles. The van der Waals surface area contributed by atoms with E-state index in [0.29, 0.717) is 5.69 Å². The Balaban J connectivity index is 0.00000158. The summed E-state index contributed by atoms with van der Waals surface area (Å²) in [6, 6.07) is 19.4. The summed E-state index contributed by atoms with van der Waals surface area (Å²) >= 11 is 2.88. The highest BCUT2D eigenvalue weighted by atomic mass is 32.2. The molecule has 178 valence electrons. The van der Waals surface area contributed by atoms with E-state index in [4.69, 9.17) is 0 Å². The number of carbonyl (C=O) groups is 1. The molecule has 7 heteroatoms. The molecule has 1 aromatic heterocycles. The summed E-state index contributed by atoms with van der Waals surface area (Å²) in [5.74, 6) is 0.572. The summed E-state index contributed by atoms with van der Waals surface area (Å²) < 4.78 is 16.1. The number of thioether (sulfide) groups is 1. The summed E-state index contributed by atoms with van der Waals surface area (Å²) in [5.41, 5.74) is 3.09.